The van der Waals surface area contributed by atoms with Crippen LogP contribution in [0.3, 0.4) is 0 Å². The lowest BCUT2D eigenvalue weighted by Gasteiger charge is -2.27. The molecule has 1 spiro atoms. The summed E-state index contributed by atoms with van der Waals surface area (Å²) in [6.07, 6.45) is 6.08. The standard InChI is InChI=1S/C17H17NO3/c19-15(18-10-4-2-1-3-5-10)13-11-6-7-12(14(13)16(20)21)17(11)8-9-17/h1-7,11-14H,8-9H2,(H,18,19)(H,20,21)/p-1/t11-,12+,13-,14+/m1/s1. The maximum atomic E-state index is 12.6. The van der Waals surface area contributed by atoms with Crippen molar-refractivity contribution in [3.05, 3.63) is 42.5 Å². The van der Waals surface area contributed by atoms with Gasteiger partial charge in [0.05, 0.1) is 5.92 Å². The molecule has 1 N–H and O–H groups in total. The van der Waals surface area contributed by atoms with Crippen LogP contribution in [0.1, 0.15) is 12.8 Å². The van der Waals surface area contributed by atoms with E-state index < -0.39 is 17.8 Å². The van der Waals surface area contributed by atoms with Crippen LogP contribution in [0.5, 0.6) is 0 Å². The zero-order valence-electron chi connectivity index (χ0n) is 11.5. The van der Waals surface area contributed by atoms with Crippen LogP contribution in [-0.2, 0) is 9.59 Å². The Morgan fingerprint density at radius 1 is 1.05 bits per heavy atom. The SMILES string of the molecule is O=C([O-])[C@@H]1[C@H](C(=O)Nc2ccccc2)[C@H]2C=C[C@@H]1C21CC1. The number of para-hydroxylation sites is 1. The first-order valence-electron chi connectivity index (χ1n) is 7.38. The summed E-state index contributed by atoms with van der Waals surface area (Å²) < 4.78 is 0. The molecule has 1 aromatic carbocycles. The molecule has 4 nitrogen and oxygen atoms in total. The van der Waals surface area contributed by atoms with E-state index in [1.54, 1.807) is 0 Å². The van der Waals surface area contributed by atoms with Crippen LogP contribution in [0.15, 0.2) is 42.5 Å². The average Bonchev–Trinajstić information content (AvgIpc) is 3.13. The maximum absolute atomic E-state index is 12.6. The molecule has 21 heavy (non-hydrogen) atoms. The van der Waals surface area contributed by atoms with Gasteiger partial charge in [0, 0.05) is 17.6 Å². The Kier molecular flexibility index (Phi) is 2.52. The monoisotopic (exact) mass is 282 g/mol. The smallest absolute Gasteiger partial charge is 0.228 e. The Morgan fingerprint density at radius 2 is 1.67 bits per heavy atom. The largest absolute Gasteiger partial charge is 0.550 e. The summed E-state index contributed by atoms with van der Waals surface area (Å²) in [5.74, 6) is -2.46. The fourth-order valence-electron chi connectivity index (χ4n) is 4.42. The van der Waals surface area contributed by atoms with Crippen molar-refractivity contribution in [2.45, 2.75) is 12.8 Å². The number of aliphatic carboxylic acids is 1. The summed E-state index contributed by atoms with van der Waals surface area (Å²) in [6.45, 7) is 0. The van der Waals surface area contributed by atoms with Gasteiger partial charge in [-0.1, -0.05) is 30.4 Å². The summed E-state index contributed by atoms with van der Waals surface area (Å²) in [7, 11) is 0. The summed E-state index contributed by atoms with van der Waals surface area (Å²) in [4.78, 5) is 24.1. The fourth-order valence-corrected chi connectivity index (χ4v) is 4.42. The molecule has 2 saturated carbocycles. The number of hydrogen-bond donors (Lipinski definition) is 1. The molecule has 0 aliphatic heterocycles. The number of benzene rings is 1. The summed E-state index contributed by atoms with van der Waals surface area (Å²) in [5.41, 5.74) is 0.736. The number of rotatable bonds is 3. The van der Waals surface area contributed by atoms with Crippen molar-refractivity contribution in [2.75, 3.05) is 5.32 Å². The minimum atomic E-state index is -1.09. The van der Waals surface area contributed by atoms with Crippen molar-refractivity contribution < 1.29 is 14.7 Å². The second-order valence-electron chi connectivity index (χ2n) is 6.40. The Hall–Kier alpha value is -2.10. The van der Waals surface area contributed by atoms with E-state index in [9.17, 15) is 14.7 Å². The molecular formula is C17H16NO3-. The highest BCUT2D eigenvalue weighted by Gasteiger charge is 2.68. The van der Waals surface area contributed by atoms with E-state index in [2.05, 4.69) is 5.32 Å². The van der Waals surface area contributed by atoms with Gasteiger partial charge in [-0.15, -0.1) is 0 Å². The zero-order chi connectivity index (χ0) is 14.6. The highest BCUT2D eigenvalue weighted by Crippen LogP contribution is 2.71. The molecule has 1 amide bonds. The van der Waals surface area contributed by atoms with Crippen molar-refractivity contribution >= 4 is 17.6 Å². The quantitative estimate of drug-likeness (QED) is 0.847. The van der Waals surface area contributed by atoms with Crippen molar-refractivity contribution in [2.24, 2.45) is 29.1 Å². The van der Waals surface area contributed by atoms with E-state index in [4.69, 9.17) is 0 Å². The lowest BCUT2D eigenvalue weighted by Crippen LogP contribution is -2.42. The molecular weight excluding hydrogens is 266 g/mol. The molecule has 4 heteroatoms. The summed E-state index contributed by atoms with van der Waals surface area (Å²) >= 11 is 0. The normalized spacial score (nSPS) is 34.1. The molecule has 1 aromatic rings. The third kappa shape index (κ3) is 1.68. The van der Waals surface area contributed by atoms with E-state index in [1.807, 2.05) is 42.5 Å². The molecule has 0 heterocycles. The van der Waals surface area contributed by atoms with E-state index in [0.717, 1.165) is 12.8 Å². The predicted molar refractivity (Wildman–Crippen MR) is 74.8 cm³/mol. The van der Waals surface area contributed by atoms with Gasteiger partial charge in [0.25, 0.3) is 0 Å². The molecule has 4 rings (SSSR count). The molecule has 0 saturated heterocycles. The Bertz CT molecular complexity index is 633. The first kappa shape index (κ1) is 12.6. The van der Waals surface area contributed by atoms with Gasteiger partial charge in [-0.05, 0) is 42.2 Å². The van der Waals surface area contributed by atoms with Crippen molar-refractivity contribution in [1.29, 1.82) is 0 Å². The van der Waals surface area contributed by atoms with Crippen LogP contribution in [0.25, 0.3) is 0 Å². The van der Waals surface area contributed by atoms with Crippen LogP contribution < -0.4 is 10.4 Å². The third-order valence-electron chi connectivity index (χ3n) is 5.46. The van der Waals surface area contributed by atoms with Crippen LogP contribution >= 0.6 is 0 Å². The third-order valence-corrected chi connectivity index (χ3v) is 5.46. The lowest BCUT2D eigenvalue weighted by atomic mass is 9.82. The second kappa shape index (κ2) is 4.20. The van der Waals surface area contributed by atoms with E-state index in [-0.39, 0.29) is 23.2 Å². The predicted octanol–water partition coefficient (Wildman–Crippen LogP) is 1.20. The summed E-state index contributed by atoms with van der Waals surface area (Å²) in [6, 6.07) is 9.17. The molecule has 0 radical (unpaired) electrons. The molecule has 3 aliphatic carbocycles. The molecule has 4 atom stereocenters. The molecule has 3 aliphatic rings. The van der Waals surface area contributed by atoms with Crippen LogP contribution in [0.2, 0.25) is 0 Å². The molecule has 0 unspecified atom stereocenters. The molecule has 108 valence electrons. The minimum absolute atomic E-state index is 0.0287. The number of carboxylic acid groups (broad SMARTS) is 1. The highest BCUT2D eigenvalue weighted by atomic mass is 16.4. The topological polar surface area (TPSA) is 69.2 Å². The van der Waals surface area contributed by atoms with Gasteiger partial charge in [0.15, 0.2) is 0 Å². The van der Waals surface area contributed by atoms with Gasteiger partial charge < -0.3 is 15.2 Å². The number of amides is 1. The van der Waals surface area contributed by atoms with Crippen LogP contribution in [0, 0.1) is 29.1 Å². The van der Waals surface area contributed by atoms with Gasteiger partial charge in [0.2, 0.25) is 5.91 Å². The number of nitrogens with one attached hydrogen (secondary N) is 1. The number of anilines is 1. The number of carbonyl (C=O) groups excluding carboxylic acids is 2. The van der Waals surface area contributed by atoms with E-state index >= 15 is 0 Å². The van der Waals surface area contributed by atoms with Gasteiger partial charge in [-0.25, -0.2) is 0 Å². The van der Waals surface area contributed by atoms with Gasteiger partial charge in [0.1, 0.15) is 0 Å². The zero-order valence-corrected chi connectivity index (χ0v) is 11.5. The summed E-state index contributed by atoms with van der Waals surface area (Å²) in [5, 5.41) is 14.4. The van der Waals surface area contributed by atoms with E-state index in [0.29, 0.717) is 5.69 Å². The number of hydrogen-bond acceptors (Lipinski definition) is 3. The van der Waals surface area contributed by atoms with Crippen molar-refractivity contribution in [3.63, 3.8) is 0 Å². The maximum Gasteiger partial charge on any atom is 0.228 e. The molecule has 2 fully saturated rings. The van der Waals surface area contributed by atoms with E-state index in [1.165, 1.54) is 0 Å². The average molecular weight is 282 g/mol. The second-order valence-corrected chi connectivity index (χ2v) is 6.40. The first-order chi connectivity index (χ1) is 10.1. The Balaban J connectivity index is 1.63. The lowest BCUT2D eigenvalue weighted by molar-refractivity contribution is -0.313. The Labute approximate surface area is 122 Å². The van der Waals surface area contributed by atoms with Crippen molar-refractivity contribution in [1.82, 2.24) is 0 Å². The van der Waals surface area contributed by atoms with Crippen LogP contribution in [0.4, 0.5) is 5.69 Å². The number of carbonyl (C=O) groups is 2. The first-order valence-corrected chi connectivity index (χ1v) is 7.38. The fraction of sp³-hybridized carbons (Fsp3) is 0.412. The Morgan fingerprint density at radius 3 is 2.24 bits per heavy atom. The molecule has 0 aromatic heterocycles. The van der Waals surface area contributed by atoms with Crippen LogP contribution in [-0.4, -0.2) is 11.9 Å². The highest BCUT2D eigenvalue weighted by molar-refractivity contribution is 5.96. The van der Waals surface area contributed by atoms with Gasteiger partial charge in [-0.3, -0.25) is 4.79 Å². The minimum Gasteiger partial charge on any atom is -0.550 e. The van der Waals surface area contributed by atoms with Gasteiger partial charge in [-0.2, -0.15) is 0 Å². The van der Waals surface area contributed by atoms with Crippen molar-refractivity contribution in [3.8, 4) is 0 Å². The number of carboxylic acids is 1. The molecule has 2 bridgehead atoms. The van der Waals surface area contributed by atoms with Gasteiger partial charge >= 0.3 is 0 Å². The number of allylic oxidation sites excluding steroid dienone is 2.